The molecule has 0 atom stereocenters. The molecule has 0 aliphatic carbocycles. The Balaban J connectivity index is 2.05. The average Bonchev–Trinajstić information content (AvgIpc) is 2.46. The summed E-state index contributed by atoms with van der Waals surface area (Å²) in [6, 6.07) is 14.5. The molecule has 0 saturated heterocycles. The lowest BCUT2D eigenvalue weighted by Crippen LogP contribution is -2.03. The fraction of sp³-hybridized carbons (Fsp3) is 0.294. The van der Waals surface area contributed by atoms with Gasteiger partial charge in [-0.05, 0) is 35.2 Å². The van der Waals surface area contributed by atoms with Crippen LogP contribution in [-0.2, 0) is 13.2 Å². The molecular weight excluding hydrogens is 314 g/mol. The van der Waals surface area contributed by atoms with Crippen LogP contribution in [0.1, 0.15) is 36.5 Å². The molecule has 0 radical (unpaired) electrons. The highest BCUT2D eigenvalue weighted by molar-refractivity contribution is 9.10. The third-order valence-corrected chi connectivity index (χ3v) is 3.78. The Labute approximate surface area is 129 Å². The Morgan fingerprint density at radius 3 is 2.40 bits per heavy atom. The standard InChI is InChI=1S/C17H20BrNO/c1-12(2)14-5-3-13(4-6-14)11-20-17-8-7-16(18)9-15(17)10-19/h3-9,12H,10-11,19H2,1-2H3. The van der Waals surface area contributed by atoms with Crippen molar-refractivity contribution in [3.8, 4) is 5.75 Å². The second-order valence-corrected chi connectivity index (χ2v) is 6.06. The number of hydrogen-bond acceptors (Lipinski definition) is 2. The van der Waals surface area contributed by atoms with E-state index < -0.39 is 0 Å². The Morgan fingerprint density at radius 1 is 1.10 bits per heavy atom. The first-order valence-corrected chi connectivity index (χ1v) is 7.59. The fourth-order valence-corrected chi connectivity index (χ4v) is 2.42. The molecule has 106 valence electrons. The lowest BCUT2D eigenvalue weighted by Gasteiger charge is -2.12. The van der Waals surface area contributed by atoms with Crippen LogP contribution >= 0.6 is 15.9 Å². The SMILES string of the molecule is CC(C)c1ccc(COc2ccc(Br)cc2CN)cc1. The summed E-state index contributed by atoms with van der Waals surface area (Å²) < 4.78 is 6.89. The van der Waals surface area contributed by atoms with Gasteiger partial charge in [-0.15, -0.1) is 0 Å². The third-order valence-electron chi connectivity index (χ3n) is 3.28. The van der Waals surface area contributed by atoms with Gasteiger partial charge in [0.25, 0.3) is 0 Å². The van der Waals surface area contributed by atoms with E-state index in [2.05, 4.69) is 54.0 Å². The van der Waals surface area contributed by atoms with Crippen molar-refractivity contribution in [2.24, 2.45) is 5.73 Å². The maximum Gasteiger partial charge on any atom is 0.124 e. The van der Waals surface area contributed by atoms with Crippen molar-refractivity contribution >= 4 is 15.9 Å². The van der Waals surface area contributed by atoms with Crippen LogP contribution in [-0.4, -0.2) is 0 Å². The molecular formula is C17H20BrNO. The Bertz CT molecular complexity index is 564. The first-order chi connectivity index (χ1) is 9.60. The fourth-order valence-electron chi connectivity index (χ4n) is 2.01. The van der Waals surface area contributed by atoms with Crippen LogP contribution in [0.3, 0.4) is 0 Å². The van der Waals surface area contributed by atoms with Gasteiger partial charge >= 0.3 is 0 Å². The van der Waals surface area contributed by atoms with E-state index in [1.165, 1.54) is 11.1 Å². The predicted octanol–water partition coefficient (Wildman–Crippen LogP) is 4.61. The molecule has 0 aliphatic heterocycles. The minimum atomic E-state index is 0.473. The van der Waals surface area contributed by atoms with Gasteiger partial charge in [-0.2, -0.15) is 0 Å². The Hall–Kier alpha value is -1.32. The highest BCUT2D eigenvalue weighted by Crippen LogP contribution is 2.24. The van der Waals surface area contributed by atoms with Gasteiger partial charge in [0.05, 0.1) is 0 Å². The molecule has 0 spiro atoms. The van der Waals surface area contributed by atoms with Gasteiger partial charge in [0, 0.05) is 16.6 Å². The quantitative estimate of drug-likeness (QED) is 0.867. The van der Waals surface area contributed by atoms with E-state index in [1.54, 1.807) is 0 Å². The summed E-state index contributed by atoms with van der Waals surface area (Å²) in [5, 5.41) is 0. The molecule has 0 amide bonds. The molecule has 2 aromatic rings. The van der Waals surface area contributed by atoms with Gasteiger partial charge in [-0.3, -0.25) is 0 Å². The summed E-state index contributed by atoms with van der Waals surface area (Å²) in [6.45, 7) is 5.43. The summed E-state index contributed by atoms with van der Waals surface area (Å²) in [7, 11) is 0. The first-order valence-electron chi connectivity index (χ1n) is 6.80. The van der Waals surface area contributed by atoms with Crippen molar-refractivity contribution in [3.63, 3.8) is 0 Å². The van der Waals surface area contributed by atoms with Gasteiger partial charge in [-0.1, -0.05) is 54.0 Å². The lowest BCUT2D eigenvalue weighted by atomic mass is 10.0. The van der Waals surface area contributed by atoms with E-state index in [0.717, 1.165) is 15.8 Å². The molecule has 0 bridgehead atoms. The monoisotopic (exact) mass is 333 g/mol. The molecule has 2 N–H and O–H groups in total. The topological polar surface area (TPSA) is 35.2 Å². The van der Waals surface area contributed by atoms with Crippen molar-refractivity contribution in [2.75, 3.05) is 0 Å². The van der Waals surface area contributed by atoms with E-state index in [0.29, 0.717) is 19.1 Å². The summed E-state index contributed by atoms with van der Waals surface area (Å²) >= 11 is 3.44. The van der Waals surface area contributed by atoms with Crippen molar-refractivity contribution in [2.45, 2.75) is 32.9 Å². The number of rotatable bonds is 5. The minimum absolute atomic E-state index is 0.473. The molecule has 20 heavy (non-hydrogen) atoms. The van der Waals surface area contributed by atoms with Crippen molar-refractivity contribution in [3.05, 3.63) is 63.6 Å². The molecule has 0 saturated carbocycles. The maximum absolute atomic E-state index is 5.87. The first kappa shape index (κ1) is 15.1. The second kappa shape index (κ2) is 6.91. The number of halogens is 1. The summed E-state index contributed by atoms with van der Waals surface area (Å²) in [5.41, 5.74) is 9.27. The van der Waals surface area contributed by atoms with E-state index >= 15 is 0 Å². The predicted molar refractivity (Wildman–Crippen MR) is 86.9 cm³/mol. The van der Waals surface area contributed by atoms with Gasteiger partial charge in [0.1, 0.15) is 12.4 Å². The number of benzene rings is 2. The minimum Gasteiger partial charge on any atom is -0.489 e. The normalized spacial score (nSPS) is 10.8. The Kier molecular flexibility index (Phi) is 5.21. The smallest absolute Gasteiger partial charge is 0.124 e. The van der Waals surface area contributed by atoms with Crippen molar-refractivity contribution in [1.82, 2.24) is 0 Å². The van der Waals surface area contributed by atoms with E-state index in [9.17, 15) is 0 Å². The highest BCUT2D eigenvalue weighted by atomic mass is 79.9. The largest absolute Gasteiger partial charge is 0.489 e. The van der Waals surface area contributed by atoms with E-state index in [-0.39, 0.29) is 0 Å². The zero-order valence-electron chi connectivity index (χ0n) is 11.9. The molecule has 0 unspecified atom stereocenters. The van der Waals surface area contributed by atoms with E-state index in [4.69, 9.17) is 10.5 Å². The van der Waals surface area contributed by atoms with Crippen LogP contribution in [0.5, 0.6) is 5.75 Å². The lowest BCUT2D eigenvalue weighted by molar-refractivity contribution is 0.303. The number of ether oxygens (including phenoxy) is 1. The summed E-state index contributed by atoms with van der Waals surface area (Å²) in [4.78, 5) is 0. The molecule has 0 aromatic heterocycles. The highest BCUT2D eigenvalue weighted by Gasteiger charge is 2.04. The molecule has 2 aromatic carbocycles. The molecule has 2 rings (SSSR count). The van der Waals surface area contributed by atoms with Crippen LogP contribution in [0, 0.1) is 0 Å². The van der Waals surface area contributed by atoms with Crippen molar-refractivity contribution in [1.29, 1.82) is 0 Å². The number of hydrogen-bond donors (Lipinski definition) is 1. The van der Waals surface area contributed by atoms with Crippen LogP contribution in [0.4, 0.5) is 0 Å². The number of nitrogens with two attached hydrogens (primary N) is 1. The van der Waals surface area contributed by atoms with Crippen LogP contribution in [0.25, 0.3) is 0 Å². The Morgan fingerprint density at radius 2 is 1.80 bits per heavy atom. The van der Waals surface area contributed by atoms with E-state index in [1.807, 2.05) is 18.2 Å². The summed E-state index contributed by atoms with van der Waals surface area (Å²) in [5.74, 6) is 1.41. The van der Waals surface area contributed by atoms with Gasteiger partial charge in [0.2, 0.25) is 0 Å². The van der Waals surface area contributed by atoms with Crippen LogP contribution < -0.4 is 10.5 Å². The summed E-state index contributed by atoms with van der Waals surface area (Å²) in [6.07, 6.45) is 0. The molecule has 0 heterocycles. The van der Waals surface area contributed by atoms with Gasteiger partial charge < -0.3 is 10.5 Å². The molecule has 0 aliphatic rings. The zero-order chi connectivity index (χ0) is 14.5. The molecule has 0 fully saturated rings. The zero-order valence-corrected chi connectivity index (χ0v) is 13.5. The third kappa shape index (κ3) is 3.84. The van der Waals surface area contributed by atoms with Gasteiger partial charge in [-0.25, -0.2) is 0 Å². The maximum atomic E-state index is 5.87. The molecule has 3 heteroatoms. The van der Waals surface area contributed by atoms with Crippen molar-refractivity contribution < 1.29 is 4.74 Å². The van der Waals surface area contributed by atoms with Crippen LogP contribution in [0.2, 0.25) is 0 Å². The average molecular weight is 334 g/mol. The second-order valence-electron chi connectivity index (χ2n) is 5.14. The molecule has 2 nitrogen and oxygen atoms in total. The van der Waals surface area contributed by atoms with Crippen LogP contribution in [0.15, 0.2) is 46.9 Å². The van der Waals surface area contributed by atoms with Gasteiger partial charge in [0.15, 0.2) is 0 Å².